The van der Waals surface area contributed by atoms with Crippen LogP contribution in [0.15, 0.2) is 18.2 Å². The Hall–Kier alpha value is -1.55. The van der Waals surface area contributed by atoms with Crippen molar-refractivity contribution in [2.75, 3.05) is 6.61 Å². The quantitative estimate of drug-likeness (QED) is 0.798. The van der Waals surface area contributed by atoms with Gasteiger partial charge < -0.3 is 15.4 Å². The van der Waals surface area contributed by atoms with Gasteiger partial charge in [0, 0.05) is 24.2 Å². The molecule has 2 N–H and O–H groups in total. The van der Waals surface area contributed by atoms with Gasteiger partial charge in [0.2, 0.25) is 0 Å². The summed E-state index contributed by atoms with van der Waals surface area (Å²) in [5.74, 6) is 0.837. The van der Waals surface area contributed by atoms with Crippen LogP contribution in [0.2, 0.25) is 0 Å². The number of carbonyl (C=O) groups is 1. The molecule has 0 saturated heterocycles. The average Bonchev–Trinajstić information content (AvgIpc) is 3.30. The minimum absolute atomic E-state index is 0.0168. The first kappa shape index (κ1) is 13.4. The third-order valence-electron chi connectivity index (χ3n) is 3.74. The summed E-state index contributed by atoms with van der Waals surface area (Å²) in [6.07, 6.45) is 4.75. The summed E-state index contributed by atoms with van der Waals surface area (Å²) >= 11 is 0. The second kappa shape index (κ2) is 5.83. The summed E-state index contributed by atoms with van der Waals surface area (Å²) in [7, 11) is 0. The fourth-order valence-corrected chi connectivity index (χ4v) is 2.24. The van der Waals surface area contributed by atoms with Gasteiger partial charge in [-0.1, -0.05) is 18.2 Å². The van der Waals surface area contributed by atoms with Crippen LogP contribution in [0.5, 0.6) is 5.75 Å². The minimum atomic E-state index is -0.0168. The lowest BCUT2D eigenvalue weighted by molar-refractivity contribution is -0.123. The Balaban J connectivity index is 1.58. The highest BCUT2D eigenvalue weighted by Gasteiger charge is 2.24. The van der Waals surface area contributed by atoms with Gasteiger partial charge in [0.1, 0.15) is 5.75 Å². The smallest absolute Gasteiger partial charge is 0.258 e. The summed E-state index contributed by atoms with van der Waals surface area (Å²) in [6, 6.07) is 7.18. The highest BCUT2D eigenvalue weighted by atomic mass is 16.5. The van der Waals surface area contributed by atoms with Crippen LogP contribution < -0.4 is 15.4 Å². The van der Waals surface area contributed by atoms with Crippen LogP contribution in [0.4, 0.5) is 0 Å². The highest BCUT2D eigenvalue weighted by Crippen LogP contribution is 2.26. The molecule has 0 spiro atoms. The van der Waals surface area contributed by atoms with Crippen LogP contribution in [-0.4, -0.2) is 24.6 Å². The molecule has 0 atom stereocenters. The SMILES string of the molecule is Cc1cccc(CNC2CC2)c1OCC(=O)NC1CC1. The van der Waals surface area contributed by atoms with Crippen molar-refractivity contribution in [2.24, 2.45) is 0 Å². The fraction of sp³-hybridized carbons (Fsp3) is 0.562. The van der Waals surface area contributed by atoms with Crippen molar-refractivity contribution in [2.45, 2.75) is 51.2 Å². The van der Waals surface area contributed by atoms with Crippen LogP contribution in [0.1, 0.15) is 36.8 Å². The summed E-state index contributed by atoms with van der Waals surface area (Å²) in [4.78, 5) is 11.7. The Morgan fingerprint density at radius 1 is 1.25 bits per heavy atom. The third kappa shape index (κ3) is 3.73. The molecule has 2 saturated carbocycles. The molecule has 3 rings (SSSR count). The van der Waals surface area contributed by atoms with E-state index in [0.29, 0.717) is 12.1 Å². The van der Waals surface area contributed by atoms with E-state index in [1.807, 2.05) is 19.1 Å². The van der Waals surface area contributed by atoms with Gasteiger partial charge in [-0.3, -0.25) is 4.79 Å². The van der Waals surface area contributed by atoms with E-state index < -0.39 is 0 Å². The van der Waals surface area contributed by atoms with Crippen molar-refractivity contribution in [1.29, 1.82) is 0 Å². The van der Waals surface area contributed by atoms with Crippen molar-refractivity contribution >= 4 is 5.91 Å². The lowest BCUT2D eigenvalue weighted by Gasteiger charge is -2.14. The zero-order valence-corrected chi connectivity index (χ0v) is 11.9. The van der Waals surface area contributed by atoms with Crippen molar-refractivity contribution in [3.8, 4) is 5.75 Å². The van der Waals surface area contributed by atoms with Crippen LogP contribution in [0.3, 0.4) is 0 Å². The van der Waals surface area contributed by atoms with Crippen LogP contribution in [0, 0.1) is 6.92 Å². The molecule has 2 fully saturated rings. The molecule has 2 aliphatic carbocycles. The van der Waals surface area contributed by atoms with Crippen molar-refractivity contribution in [1.82, 2.24) is 10.6 Å². The Bertz CT molecular complexity index is 493. The van der Waals surface area contributed by atoms with Crippen LogP contribution in [-0.2, 0) is 11.3 Å². The number of nitrogens with one attached hydrogen (secondary N) is 2. The molecule has 0 heterocycles. The average molecular weight is 274 g/mol. The van der Waals surface area contributed by atoms with E-state index in [9.17, 15) is 4.79 Å². The second-order valence-electron chi connectivity index (χ2n) is 5.85. The fourth-order valence-electron chi connectivity index (χ4n) is 2.24. The molecule has 1 aromatic rings. The van der Waals surface area contributed by atoms with Gasteiger partial charge in [0.05, 0.1) is 0 Å². The van der Waals surface area contributed by atoms with Crippen molar-refractivity contribution in [3.05, 3.63) is 29.3 Å². The predicted octanol–water partition coefficient (Wildman–Crippen LogP) is 1.90. The van der Waals surface area contributed by atoms with Gasteiger partial charge in [0.25, 0.3) is 5.91 Å². The number of rotatable bonds is 7. The highest BCUT2D eigenvalue weighted by molar-refractivity contribution is 5.78. The van der Waals surface area contributed by atoms with E-state index in [-0.39, 0.29) is 12.5 Å². The van der Waals surface area contributed by atoms with E-state index >= 15 is 0 Å². The van der Waals surface area contributed by atoms with Gasteiger partial charge in [-0.2, -0.15) is 0 Å². The number of benzene rings is 1. The van der Waals surface area contributed by atoms with E-state index in [1.54, 1.807) is 0 Å². The molecule has 20 heavy (non-hydrogen) atoms. The molecule has 0 radical (unpaired) electrons. The van der Waals surface area contributed by atoms with E-state index in [1.165, 1.54) is 12.8 Å². The molecule has 2 aliphatic rings. The standard InChI is InChI=1S/C16H22N2O2/c1-11-3-2-4-12(9-17-13-5-6-13)16(11)20-10-15(19)18-14-7-8-14/h2-4,13-14,17H,5-10H2,1H3,(H,18,19). The second-order valence-corrected chi connectivity index (χ2v) is 5.85. The number of hydrogen-bond donors (Lipinski definition) is 2. The van der Waals surface area contributed by atoms with Gasteiger partial charge in [-0.05, 0) is 38.2 Å². The largest absolute Gasteiger partial charge is 0.483 e. The predicted molar refractivity (Wildman–Crippen MR) is 77.7 cm³/mol. The first-order valence-corrected chi connectivity index (χ1v) is 7.46. The van der Waals surface area contributed by atoms with Gasteiger partial charge in [-0.15, -0.1) is 0 Å². The summed E-state index contributed by atoms with van der Waals surface area (Å²) < 4.78 is 5.76. The molecule has 0 aromatic heterocycles. The van der Waals surface area contributed by atoms with Gasteiger partial charge in [0.15, 0.2) is 6.61 Å². The molecule has 1 amide bonds. The van der Waals surface area contributed by atoms with Crippen molar-refractivity contribution in [3.63, 3.8) is 0 Å². The number of hydrogen-bond acceptors (Lipinski definition) is 3. The molecule has 0 bridgehead atoms. The number of para-hydroxylation sites is 1. The number of carbonyl (C=O) groups excluding carboxylic acids is 1. The van der Waals surface area contributed by atoms with Crippen LogP contribution in [0.25, 0.3) is 0 Å². The Morgan fingerprint density at radius 3 is 2.70 bits per heavy atom. The monoisotopic (exact) mass is 274 g/mol. The number of aryl methyl sites for hydroxylation is 1. The molecule has 4 heteroatoms. The normalized spacial score (nSPS) is 17.9. The number of ether oxygens (including phenoxy) is 1. The molecular weight excluding hydrogens is 252 g/mol. The molecule has 108 valence electrons. The van der Waals surface area contributed by atoms with Gasteiger partial charge in [-0.25, -0.2) is 0 Å². The zero-order valence-electron chi connectivity index (χ0n) is 11.9. The maximum Gasteiger partial charge on any atom is 0.258 e. The summed E-state index contributed by atoms with van der Waals surface area (Å²) in [5, 5.41) is 6.43. The molecule has 0 unspecified atom stereocenters. The minimum Gasteiger partial charge on any atom is -0.483 e. The lowest BCUT2D eigenvalue weighted by atomic mass is 10.1. The first-order valence-electron chi connectivity index (χ1n) is 7.46. The maximum atomic E-state index is 11.7. The third-order valence-corrected chi connectivity index (χ3v) is 3.74. The Labute approximate surface area is 119 Å². The van der Waals surface area contributed by atoms with E-state index in [2.05, 4.69) is 16.7 Å². The Morgan fingerprint density at radius 2 is 2.00 bits per heavy atom. The summed E-state index contributed by atoms with van der Waals surface area (Å²) in [6.45, 7) is 2.94. The first-order chi connectivity index (χ1) is 9.72. The topological polar surface area (TPSA) is 50.4 Å². The lowest BCUT2D eigenvalue weighted by Crippen LogP contribution is -2.30. The molecule has 0 aliphatic heterocycles. The zero-order chi connectivity index (χ0) is 13.9. The van der Waals surface area contributed by atoms with E-state index in [0.717, 1.165) is 36.3 Å². The van der Waals surface area contributed by atoms with Gasteiger partial charge >= 0.3 is 0 Å². The van der Waals surface area contributed by atoms with Crippen LogP contribution >= 0.6 is 0 Å². The molecule has 1 aromatic carbocycles. The molecular formula is C16H22N2O2. The van der Waals surface area contributed by atoms with Crippen molar-refractivity contribution < 1.29 is 9.53 Å². The Kier molecular flexibility index (Phi) is 3.92. The summed E-state index contributed by atoms with van der Waals surface area (Å²) in [5.41, 5.74) is 2.22. The maximum absolute atomic E-state index is 11.7. The molecule has 4 nitrogen and oxygen atoms in total. The van der Waals surface area contributed by atoms with E-state index in [4.69, 9.17) is 4.74 Å². The number of amides is 1.